The van der Waals surface area contributed by atoms with Gasteiger partial charge in [-0.15, -0.1) is 0 Å². The Hall–Kier alpha value is -3.94. The molecule has 29 heavy (non-hydrogen) atoms. The van der Waals surface area contributed by atoms with Crippen LogP contribution in [0.15, 0.2) is 59.5 Å². The molecule has 6 nitrogen and oxygen atoms in total. The Balaban J connectivity index is 1.92. The number of fused-ring (bicyclic) bond motifs is 1. The van der Waals surface area contributed by atoms with Crippen molar-refractivity contribution >= 4 is 16.8 Å². The van der Waals surface area contributed by atoms with E-state index >= 15 is 0 Å². The van der Waals surface area contributed by atoms with Crippen LogP contribution >= 0.6 is 0 Å². The molecule has 0 aliphatic heterocycles. The number of para-hydroxylation sites is 1. The van der Waals surface area contributed by atoms with E-state index in [1.54, 1.807) is 37.5 Å². The van der Waals surface area contributed by atoms with E-state index in [0.29, 0.717) is 22.3 Å². The fraction of sp³-hybridized carbons (Fsp3) is 0.0476. The van der Waals surface area contributed by atoms with Crippen molar-refractivity contribution in [3.63, 3.8) is 0 Å². The fourth-order valence-corrected chi connectivity index (χ4v) is 3.14. The van der Waals surface area contributed by atoms with Gasteiger partial charge in [-0.2, -0.15) is 0 Å². The molecule has 146 valence electrons. The molecule has 2 heterocycles. The number of hydrogen-bond donors (Lipinski definition) is 2. The summed E-state index contributed by atoms with van der Waals surface area (Å²) in [7, 11) is 1.57. The zero-order chi connectivity index (χ0) is 20.7. The number of ether oxygens (including phenoxy) is 1. The Morgan fingerprint density at radius 1 is 1.07 bits per heavy atom. The number of aromatic nitrogens is 2. The normalized spacial score (nSPS) is 11.0. The number of H-pyrrole nitrogens is 1. The second-order valence-electron chi connectivity index (χ2n) is 6.47. The largest absolute Gasteiger partial charge is 0.454 e. The van der Waals surface area contributed by atoms with Crippen LogP contribution < -0.4 is 16.0 Å². The number of nitrogens with one attached hydrogen (secondary N) is 1. The third kappa shape index (κ3) is 3.25. The zero-order valence-electron chi connectivity index (χ0n) is 15.2. The third-order valence-corrected chi connectivity index (χ3v) is 4.52. The molecule has 0 saturated heterocycles. The summed E-state index contributed by atoms with van der Waals surface area (Å²) >= 11 is 0. The Kier molecular flexibility index (Phi) is 4.38. The zero-order valence-corrected chi connectivity index (χ0v) is 15.2. The van der Waals surface area contributed by atoms with Gasteiger partial charge in [0, 0.05) is 35.8 Å². The van der Waals surface area contributed by atoms with Crippen molar-refractivity contribution in [3.8, 4) is 22.6 Å². The van der Waals surface area contributed by atoms with Gasteiger partial charge in [0.2, 0.25) is 0 Å². The maximum atomic E-state index is 14.1. The highest BCUT2D eigenvalue weighted by Gasteiger charge is 2.18. The van der Waals surface area contributed by atoms with Crippen LogP contribution in [-0.4, -0.2) is 15.5 Å². The van der Waals surface area contributed by atoms with Crippen molar-refractivity contribution in [3.05, 3.63) is 82.4 Å². The number of amides is 1. The van der Waals surface area contributed by atoms with Gasteiger partial charge in [0.1, 0.15) is 22.8 Å². The minimum Gasteiger partial charge on any atom is -0.454 e. The number of pyridine rings is 1. The smallest absolute Gasteiger partial charge is 0.274 e. The number of primary amides is 1. The fourth-order valence-electron chi connectivity index (χ4n) is 3.14. The lowest BCUT2D eigenvalue weighted by molar-refractivity contribution is 0.0996. The number of aromatic amines is 1. The van der Waals surface area contributed by atoms with Crippen LogP contribution in [-0.2, 0) is 7.05 Å². The van der Waals surface area contributed by atoms with Crippen LogP contribution in [0.3, 0.4) is 0 Å². The molecule has 0 spiro atoms. The molecular formula is C21H15F2N3O3. The first-order chi connectivity index (χ1) is 13.8. The van der Waals surface area contributed by atoms with Gasteiger partial charge in [0.15, 0.2) is 11.6 Å². The third-order valence-electron chi connectivity index (χ3n) is 4.52. The predicted octanol–water partition coefficient (Wildman–Crippen LogP) is 3.70. The summed E-state index contributed by atoms with van der Waals surface area (Å²) in [6, 6.07) is 11.3. The SMILES string of the molecule is Cn1cc(-c2ccccc2Oc2ccc(F)cc2F)c2cc(C(N)=O)[nH]c2c1=O. The highest BCUT2D eigenvalue weighted by molar-refractivity contribution is 6.02. The highest BCUT2D eigenvalue weighted by atomic mass is 19.1. The number of halogens is 2. The molecule has 4 aromatic rings. The molecule has 1 amide bonds. The van der Waals surface area contributed by atoms with Crippen molar-refractivity contribution in [2.45, 2.75) is 0 Å². The van der Waals surface area contributed by atoms with Gasteiger partial charge in [-0.1, -0.05) is 18.2 Å². The van der Waals surface area contributed by atoms with E-state index in [9.17, 15) is 18.4 Å². The highest BCUT2D eigenvalue weighted by Crippen LogP contribution is 2.37. The number of hydrogen-bond acceptors (Lipinski definition) is 3. The molecular weight excluding hydrogens is 380 g/mol. The molecule has 0 atom stereocenters. The van der Waals surface area contributed by atoms with Crippen LogP contribution in [0.1, 0.15) is 10.5 Å². The molecule has 2 aromatic heterocycles. The molecule has 4 rings (SSSR count). The molecule has 0 fully saturated rings. The molecule has 8 heteroatoms. The molecule has 2 aromatic carbocycles. The van der Waals surface area contributed by atoms with E-state index < -0.39 is 17.5 Å². The van der Waals surface area contributed by atoms with Crippen LogP contribution in [0.5, 0.6) is 11.5 Å². The summed E-state index contributed by atoms with van der Waals surface area (Å²) in [5.74, 6) is -2.11. The lowest BCUT2D eigenvalue weighted by atomic mass is 10.0. The summed E-state index contributed by atoms with van der Waals surface area (Å²) in [5, 5.41) is 0.470. The molecule has 0 aliphatic rings. The molecule has 0 unspecified atom stereocenters. The van der Waals surface area contributed by atoms with Crippen molar-refractivity contribution in [1.29, 1.82) is 0 Å². The van der Waals surface area contributed by atoms with E-state index in [0.717, 1.165) is 12.1 Å². The van der Waals surface area contributed by atoms with Crippen LogP contribution in [0.25, 0.3) is 22.0 Å². The average Bonchev–Trinajstić information content (AvgIpc) is 3.14. The van der Waals surface area contributed by atoms with Crippen molar-refractivity contribution < 1.29 is 18.3 Å². The first-order valence-corrected chi connectivity index (χ1v) is 8.59. The predicted molar refractivity (Wildman–Crippen MR) is 104 cm³/mol. The molecule has 3 N–H and O–H groups in total. The Bertz CT molecular complexity index is 1320. The first-order valence-electron chi connectivity index (χ1n) is 8.59. The van der Waals surface area contributed by atoms with Crippen molar-refractivity contribution in [2.75, 3.05) is 0 Å². The lowest BCUT2D eigenvalue weighted by Gasteiger charge is -2.13. The summed E-state index contributed by atoms with van der Waals surface area (Å²) in [4.78, 5) is 26.8. The average molecular weight is 395 g/mol. The monoisotopic (exact) mass is 395 g/mol. The van der Waals surface area contributed by atoms with Crippen LogP contribution in [0, 0.1) is 11.6 Å². The van der Waals surface area contributed by atoms with Gasteiger partial charge < -0.3 is 20.0 Å². The Morgan fingerprint density at radius 2 is 1.83 bits per heavy atom. The van der Waals surface area contributed by atoms with Crippen LogP contribution in [0.4, 0.5) is 8.78 Å². The number of carbonyl (C=O) groups is 1. The lowest BCUT2D eigenvalue weighted by Crippen LogP contribution is -2.17. The second kappa shape index (κ2) is 6.90. The number of rotatable bonds is 4. The van der Waals surface area contributed by atoms with Gasteiger partial charge in [-0.05, 0) is 24.3 Å². The number of carbonyl (C=O) groups excluding carboxylic acids is 1. The van der Waals surface area contributed by atoms with Gasteiger partial charge in [0.05, 0.1) is 0 Å². The van der Waals surface area contributed by atoms with E-state index in [4.69, 9.17) is 10.5 Å². The minimum absolute atomic E-state index is 0.0903. The molecule has 0 aliphatic carbocycles. The van der Waals surface area contributed by atoms with Crippen molar-refractivity contribution in [2.24, 2.45) is 12.8 Å². The van der Waals surface area contributed by atoms with Gasteiger partial charge in [0.25, 0.3) is 11.5 Å². The topological polar surface area (TPSA) is 90.1 Å². The Labute approximate surface area is 163 Å². The van der Waals surface area contributed by atoms with Gasteiger partial charge in [-0.25, -0.2) is 8.78 Å². The minimum atomic E-state index is -0.844. The van der Waals surface area contributed by atoms with E-state index in [-0.39, 0.29) is 22.5 Å². The summed E-state index contributed by atoms with van der Waals surface area (Å²) in [5.41, 5.74) is 6.43. The first kappa shape index (κ1) is 18.4. The number of nitrogens with two attached hydrogens (primary N) is 1. The standard InChI is InChI=1S/C21H15F2N3O3/c1-26-10-14(13-9-16(20(24)27)25-19(13)21(26)28)12-4-2-3-5-17(12)29-18-7-6-11(22)8-15(18)23/h2-10,25H,1H3,(H2,24,27). The summed E-state index contributed by atoms with van der Waals surface area (Å²) in [6.07, 6.45) is 1.59. The second-order valence-corrected chi connectivity index (χ2v) is 6.47. The Morgan fingerprint density at radius 3 is 2.55 bits per heavy atom. The summed E-state index contributed by atoms with van der Waals surface area (Å²) in [6.45, 7) is 0. The number of nitrogens with zero attached hydrogens (tertiary/aromatic N) is 1. The van der Waals surface area contributed by atoms with Crippen molar-refractivity contribution in [1.82, 2.24) is 9.55 Å². The van der Waals surface area contributed by atoms with Crippen LogP contribution in [0.2, 0.25) is 0 Å². The molecule has 0 radical (unpaired) electrons. The molecule has 0 saturated carbocycles. The maximum absolute atomic E-state index is 14.1. The number of aryl methyl sites for hydroxylation is 1. The quantitative estimate of drug-likeness (QED) is 0.552. The van der Waals surface area contributed by atoms with Gasteiger partial charge >= 0.3 is 0 Å². The van der Waals surface area contributed by atoms with E-state index in [1.165, 1.54) is 16.7 Å². The van der Waals surface area contributed by atoms with E-state index in [1.807, 2.05) is 0 Å². The summed E-state index contributed by atoms with van der Waals surface area (Å²) < 4.78 is 34.3. The molecule has 0 bridgehead atoms. The maximum Gasteiger partial charge on any atom is 0.274 e. The van der Waals surface area contributed by atoms with Gasteiger partial charge in [-0.3, -0.25) is 9.59 Å². The van der Waals surface area contributed by atoms with E-state index in [2.05, 4.69) is 4.98 Å². The number of benzene rings is 2.